The van der Waals surface area contributed by atoms with Crippen LogP contribution in [-0.4, -0.2) is 30.5 Å². The third kappa shape index (κ3) is 2.31. The molecule has 17 heavy (non-hydrogen) atoms. The molecule has 0 aromatic carbocycles. The number of hydrogen-bond donors (Lipinski definition) is 3. The summed E-state index contributed by atoms with van der Waals surface area (Å²) in [6, 6.07) is 5.42. The van der Waals surface area contributed by atoms with Crippen molar-refractivity contribution in [3.8, 4) is 0 Å². The van der Waals surface area contributed by atoms with Gasteiger partial charge in [-0.2, -0.15) is 0 Å². The zero-order valence-corrected chi connectivity index (χ0v) is 9.81. The van der Waals surface area contributed by atoms with Gasteiger partial charge in [-0.15, -0.1) is 0 Å². The van der Waals surface area contributed by atoms with Crippen molar-refractivity contribution >= 4 is 17.5 Å². The maximum absolute atomic E-state index is 11.7. The van der Waals surface area contributed by atoms with Gasteiger partial charge in [-0.05, 0) is 25.0 Å². The largest absolute Gasteiger partial charge is 0.357 e. The van der Waals surface area contributed by atoms with Crippen LogP contribution in [-0.2, 0) is 4.79 Å². The first-order valence-electron chi connectivity index (χ1n) is 5.68. The molecule has 2 heterocycles. The van der Waals surface area contributed by atoms with Gasteiger partial charge >= 0.3 is 0 Å². The Balaban J connectivity index is 2.22. The molecule has 1 aromatic rings. The Morgan fingerprint density at radius 1 is 1.59 bits per heavy atom. The molecule has 0 spiro atoms. The van der Waals surface area contributed by atoms with Crippen molar-refractivity contribution in [3.05, 3.63) is 18.2 Å². The highest BCUT2D eigenvalue weighted by atomic mass is 16.2. The van der Waals surface area contributed by atoms with E-state index in [9.17, 15) is 4.79 Å². The molecule has 0 saturated carbocycles. The molecule has 1 aliphatic rings. The van der Waals surface area contributed by atoms with Gasteiger partial charge in [-0.1, -0.05) is 6.07 Å². The Morgan fingerprint density at radius 3 is 3.12 bits per heavy atom. The van der Waals surface area contributed by atoms with Crippen molar-refractivity contribution in [3.63, 3.8) is 0 Å². The molecule has 1 fully saturated rings. The summed E-state index contributed by atoms with van der Waals surface area (Å²) in [4.78, 5) is 18.1. The summed E-state index contributed by atoms with van der Waals surface area (Å²) in [7, 11) is 1.66. The number of nitrogens with two attached hydrogens (primary N) is 1. The van der Waals surface area contributed by atoms with E-state index in [4.69, 9.17) is 5.84 Å². The van der Waals surface area contributed by atoms with Gasteiger partial charge in [0.15, 0.2) is 0 Å². The lowest BCUT2D eigenvalue weighted by molar-refractivity contribution is -0.121. The number of hydrogen-bond acceptors (Lipinski definition) is 5. The van der Waals surface area contributed by atoms with Crippen molar-refractivity contribution in [1.29, 1.82) is 0 Å². The highest BCUT2D eigenvalue weighted by molar-refractivity contribution is 5.85. The van der Waals surface area contributed by atoms with Gasteiger partial charge in [0.1, 0.15) is 17.7 Å². The third-order valence-electron chi connectivity index (χ3n) is 2.98. The first-order valence-corrected chi connectivity index (χ1v) is 5.68. The minimum atomic E-state index is -0.125. The smallest absolute Gasteiger partial charge is 0.242 e. The van der Waals surface area contributed by atoms with Crippen LogP contribution >= 0.6 is 0 Å². The quantitative estimate of drug-likeness (QED) is 0.510. The first kappa shape index (κ1) is 11.7. The Kier molecular flexibility index (Phi) is 3.43. The second-order valence-electron chi connectivity index (χ2n) is 3.99. The normalized spacial score (nSPS) is 19.2. The van der Waals surface area contributed by atoms with E-state index in [1.807, 2.05) is 17.0 Å². The summed E-state index contributed by atoms with van der Waals surface area (Å²) >= 11 is 0. The lowest BCUT2D eigenvalue weighted by atomic mass is 10.2. The zero-order valence-electron chi connectivity index (χ0n) is 9.81. The van der Waals surface area contributed by atoms with Crippen molar-refractivity contribution in [1.82, 2.24) is 10.3 Å². The van der Waals surface area contributed by atoms with E-state index in [-0.39, 0.29) is 11.9 Å². The van der Waals surface area contributed by atoms with E-state index in [1.54, 1.807) is 13.1 Å². The SMILES string of the molecule is CNC(=O)C1CCCN1c1cccc(NN)n1. The molecule has 0 aliphatic carbocycles. The average Bonchev–Trinajstić information content (AvgIpc) is 2.87. The molecule has 1 atom stereocenters. The van der Waals surface area contributed by atoms with Crippen LogP contribution in [0.2, 0.25) is 0 Å². The molecule has 6 heteroatoms. The molecule has 1 aliphatic heterocycles. The summed E-state index contributed by atoms with van der Waals surface area (Å²) in [6.07, 6.45) is 1.86. The van der Waals surface area contributed by atoms with Gasteiger partial charge in [0.2, 0.25) is 5.91 Å². The van der Waals surface area contributed by atoms with Crippen LogP contribution in [0, 0.1) is 0 Å². The topological polar surface area (TPSA) is 83.3 Å². The molecule has 1 amide bonds. The fourth-order valence-electron chi connectivity index (χ4n) is 2.14. The maximum atomic E-state index is 11.7. The van der Waals surface area contributed by atoms with Crippen molar-refractivity contribution in [2.45, 2.75) is 18.9 Å². The minimum Gasteiger partial charge on any atom is -0.357 e. The predicted molar refractivity (Wildman–Crippen MR) is 66.5 cm³/mol. The lowest BCUT2D eigenvalue weighted by Gasteiger charge is -2.24. The number of carbonyl (C=O) groups is 1. The number of anilines is 2. The summed E-state index contributed by atoms with van der Waals surface area (Å²) in [5.41, 5.74) is 2.51. The number of amides is 1. The van der Waals surface area contributed by atoms with Crippen molar-refractivity contribution < 1.29 is 4.79 Å². The van der Waals surface area contributed by atoms with Gasteiger partial charge < -0.3 is 15.6 Å². The van der Waals surface area contributed by atoms with Gasteiger partial charge in [0.05, 0.1) is 0 Å². The monoisotopic (exact) mass is 235 g/mol. The number of carbonyl (C=O) groups excluding carboxylic acids is 1. The van der Waals surface area contributed by atoms with Crippen LogP contribution < -0.4 is 21.5 Å². The summed E-state index contributed by atoms with van der Waals surface area (Å²) in [5, 5.41) is 2.69. The standard InChI is InChI=1S/C11H17N5O/c1-13-11(17)8-4-3-7-16(8)10-6-2-5-9(14-10)15-12/h2,5-6,8H,3-4,7,12H2,1H3,(H,13,17)(H,14,15). The Hall–Kier alpha value is -1.82. The lowest BCUT2D eigenvalue weighted by Crippen LogP contribution is -2.42. The fraction of sp³-hybridized carbons (Fsp3) is 0.455. The van der Waals surface area contributed by atoms with Crippen LogP contribution in [0.4, 0.5) is 11.6 Å². The number of nitrogens with zero attached hydrogens (tertiary/aromatic N) is 2. The van der Waals surface area contributed by atoms with Crippen LogP contribution in [0.25, 0.3) is 0 Å². The van der Waals surface area contributed by atoms with E-state index in [2.05, 4.69) is 15.7 Å². The summed E-state index contributed by atoms with van der Waals surface area (Å²) < 4.78 is 0. The predicted octanol–water partition coefficient (Wildman–Crippen LogP) is 0.0820. The van der Waals surface area contributed by atoms with E-state index in [0.717, 1.165) is 25.2 Å². The number of aromatic nitrogens is 1. The van der Waals surface area contributed by atoms with Crippen molar-refractivity contribution in [2.24, 2.45) is 5.84 Å². The Bertz CT molecular complexity index is 409. The molecule has 6 nitrogen and oxygen atoms in total. The van der Waals surface area contributed by atoms with E-state index >= 15 is 0 Å². The Labute approximate surface area is 100 Å². The zero-order chi connectivity index (χ0) is 12.3. The number of likely N-dealkylation sites (N-methyl/N-ethyl adjacent to an activating group) is 1. The van der Waals surface area contributed by atoms with Crippen LogP contribution in [0.1, 0.15) is 12.8 Å². The van der Waals surface area contributed by atoms with Crippen LogP contribution in [0.15, 0.2) is 18.2 Å². The molecule has 0 radical (unpaired) electrons. The second-order valence-corrected chi connectivity index (χ2v) is 3.99. The third-order valence-corrected chi connectivity index (χ3v) is 2.98. The number of pyridine rings is 1. The van der Waals surface area contributed by atoms with E-state index < -0.39 is 0 Å². The number of nitrogens with one attached hydrogen (secondary N) is 2. The van der Waals surface area contributed by atoms with Crippen molar-refractivity contribution in [2.75, 3.05) is 23.9 Å². The summed E-state index contributed by atoms with van der Waals surface area (Å²) in [5.74, 6) is 6.75. The second kappa shape index (κ2) is 5.01. The average molecular weight is 235 g/mol. The van der Waals surface area contributed by atoms with Gasteiger partial charge in [-0.3, -0.25) is 4.79 Å². The van der Waals surface area contributed by atoms with E-state index in [0.29, 0.717) is 5.82 Å². The van der Waals surface area contributed by atoms with Gasteiger partial charge in [-0.25, -0.2) is 10.8 Å². The molecule has 0 bridgehead atoms. The molecular weight excluding hydrogens is 218 g/mol. The first-order chi connectivity index (χ1) is 8.26. The fourth-order valence-corrected chi connectivity index (χ4v) is 2.14. The molecule has 2 rings (SSSR count). The molecule has 92 valence electrons. The summed E-state index contributed by atoms with van der Waals surface area (Å²) in [6.45, 7) is 0.846. The number of rotatable bonds is 3. The number of hydrazine groups is 1. The Morgan fingerprint density at radius 2 is 2.41 bits per heavy atom. The van der Waals surface area contributed by atoms with Crippen LogP contribution in [0.3, 0.4) is 0 Å². The van der Waals surface area contributed by atoms with E-state index in [1.165, 1.54) is 0 Å². The highest BCUT2D eigenvalue weighted by Crippen LogP contribution is 2.24. The molecular formula is C11H17N5O. The highest BCUT2D eigenvalue weighted by Gasteiger charge is 2.30. The molecule has 1 aromatic heterocycles. The van der Waals surface area contributed by atoms with Crippen LogP contribution in [0.5, 0.6) is 0 Å². The molecule has 1 saturated heterocycles. The minimum absolute atomic E-state index is 0.0374. The molecule has 4 N–H and O–H groups in total. The van der Waals surface area contributed by atoms with Gasteiger partial charge in [0, 0.05) is 13.6 Å². The maximum Gasteiger partial charge on any atom is 0.242 e. The van der Waals surface area contributed by atoms with Gasteiger partial charge in [0.25, 0.3) is 0 Å². The number of nitrogen functional groups attached to an aromatic ring is 1. The molecule has 1 unspecified atom stereocenters.